The summed E-state index contributed by atoms with van der Waals surface area (Å²) >= 11 is 0. The summed E-state index contributed by atoms with van der Waals surface area (Å²) in [6, 6.07) is 0. The number of hydrogen-bond donors (Lipinski definition) is 0. The van der Waals surface area contributed by atoms with Crippen molar-refractivity contribution < 1.29 is 18.8 Å². The van der Waals surface area contributed by atoms with Gasteiger partial charge in [0.1, 0.15) is 0 Å². The molecule has 0 aromatic carbocycles. The van der Waals surface area contributed by atoms with E-state index in [1.165, 1.54) is 0 Å². The topological polar surface area (TPSA) is 36.9 Å². The molecule has 0 amide bonds. The minimum Gasteiger partial charge on any atom is -0.399 e. The molecule has 106 valence electrons. The van der Waals surface area contributed by atoms with E-state index in [0.717, 1.165) is 24.7 Å². The van der Waals surface area contributed by atoms with Gasteiger partial charge in [-0.1, -0.05) is 6.08 Å². The molecule has 4 nitrogen and oxygen atoms in total. The van der Waals surface area contributed by atoms with E-state index in [9.17, 15) is 0 Å². The van der Waals surface area contributed by atoms with E-state index >= 15 is 0 Å². The third-order valence-electron chi connectivity index (χ3n) is 4.78. The van der Waals surface area contributed by atoms with Gasteiger partial charge in [0.05, 0.1) is 24.4 Å². The molecule has 2 saturated heterocycles. The molecule has 3 aliphatic rings. The molecule has 0 saturated carbocycles. The smallest absolute Gasteiger partial charge is 0.399 e. The van der Waals surface area contributed by atoms with Crippen molar-refractivity contribution in [1.29, 1.82) is 0 Å². The van der Waals surface area contributed by atoms with Crippen LogP contribution < -0.4 is 0 Å². The van der Waals surface area contributed by atoms with Gasteiger partial charge in [-0.25, -0.2) is 0 Å². The molecule has 5 heteroatoms. The van der Waals surface area contributed by atoms with Crippen molar-refractivity contribution in [3.63, 3.8) is 0 Å². The highest BCUT2D eigenvalue weighted by atomic mass is 16.7. The molecule has 1 spiro atoms. The van der Waals surface area contributed by atoms with Gasteiger partial charge in [-0.15, -0.1) is 0 Å². The molecule has 0 radical (unpaired) electrons. The Morgan fingerprint density at radius 3 is 2.16 bits per heavy atom. The Balaban J connectivity index is 1.88. The third-order valence-corrected chi connectivity index (χ3v) is 4.78. The molecule has 2 aliphatic heterocycles. The predicted molar refractivity (Wildman–Crippen MR) is 72.7 cm³/mol. The minimum atomic E-state index is -0.598. The maximum atomic E-state index is 6.14. The molecule has 0 bridgehead atoms. The lowest BCUT2D eigenvalue weighted by molar-refractivity contribution is -0.131. The van der Waals surface area contributed by atoms with Crippen LogP contribution in [0, 0.1) is 0 Å². The predicted octanol–water partition coefficient (Wildman–Crippen LogP) is 2.47. The first-order valence-electron chi connectivity index (χ1n) is 7.20. The summed E-state index contributed by atoms with van der Waals surface area (Å²) in [6.45, 7) is 9.57. The van der Waals surface area contributed by atoms with Crippen LogP contribution in [-0.4, -0.2) is 37.3 Å². The lowest BCUT2D eigenvalue weighted by Gasteiger charge is -2.34. The summed E-state index contributed by atoms with van der Waals surface area (Å²) < 4.78 is 24.1. The van der Waals surface area contributed by atoms with Crippen LogP contribution in [0.3, 0.4) is 0 Å². The molecule has 3 rings (SSSR count). The molecule has 0 atom stereocenters. The van der Waals surface area contributed by atoms with E-state index in [-0.39, 0.29) is 18.3 Å². The highest BCUT2D eigenvalue weighted by molar-refractivity contribution is 6.55. The van der Waals surface area contributed by atoms with Crippen LogP contribution in [0.25, 0.3) is 0 Å². The van der Waals surface area contributed by atoms with E-state index in [1.54, 1.807) is 0 Å². The zero-order chi connectivity index (χ0) is 13.7. The van der Waals surface area contributed by atoms with Gasteiger partial charge in [-0.2, -0.15) is 0 Å². The van der Waals surface area contributed by atoms with Crippen LogP contribution in [0.4, 0.5) is 0 Å². The standard InChI is InChI=1S/C14H23BO4/c1-12(2)13(3,4)19-15(18-12)11-7-5-6-8-14(11)16-9-10-17-14/h7H,5-6,8-10H2,1-4H3. The van der Waals surface area contributed by atoms with Crippen molar-refractivity contribution in [2.24, 2.45) is 0 Å². The second kappa shape index (κ2) is 4.32. The van der Waals surface area contributed by atoms with Gasteiger partial charge in [-0.05, 0) is 40.5 Å². The van der Waals surface area contributed by atoms with Gasteiger partial charge in [-0.3, -0.25) is 0 Å². The Hall–Kier alpha value is -0.355. The summed E-state index contributed by atoms with van der Waals surface area (Å²) in [5.74, 6) is -0.598. The summed E-state index contributed by atoms with van der Waals surface area (Å²) in [7, 11) is -0.358. The fourth-order valence-electron chi connectivity index (χ4n) is 2.90. The molecule has 0 unspecified atom stereocenters. The Kier molecular flexibility index (Phi) is 3.10. The van der Waals surface area contributed by atoms with Crippen LogP contribution >= 0.6 is 0 Å². The molecule has 19 heavy (non-hydrogen) atoms. The van der Waals surface area contributed by atoms with Crippen molar-refractivity contribution in [3.8, 4) is 0 Å². The molecular formula is C14H23BO4. The van der Waals surface area contributed by atoms with E-state index in [1.807, 2.05) is 0 Å². The average Bonchev–Trinajstić information content (AvgIpc) is 2.84. The Morgan fingerprint density at radius 1 is 1.00 bits per heavy atom. The molecule has 0 aromatic heterocycles. The SMILES string of the molecule is CC1(C)OB(C2=CCCCC23OCCO3)OC1(C)C. The Labute approximate surface area is 115 Å². The van der Waals surface area contributed by atoms with Crippen molar-refractivity contribution in [2.75, 3.05) is 13.2 Å². The van der Waals surface area contributed by atoms with Crippen LogP contribution in [0.1, 0.15) is 47.0 Å². The largest absolute Gasteiger partial charge is 0.495 e. The third kappa shape index (κ3) is 2.07. The fraction of sp³-hybridized carbons (Fsp3) is 0.857. The van der Waals surface area contributed by atoms with Crippen molar-refractivity contribution in [2.45, 2.75) is 63.9 Å². The number of rotatable bonds is 1. The zero-order valence-corrected chi connectivity index (χ0v) is 12.3. The van der Waals surface area contributed by atoms with Crippen LogP contribution in [0.2, 0.25) is 0 Å². The highest BCUT2D eigenvalue weighted by Gasteiger charge is 2.57. The maximum absolute atomic E-state index is 6.14. The zero-order valence-electron chi connectivity index (χ0n) is 12.3. The summed E-state index contributed by atoms with van der Waals surface area (Å²) in [5, 5.41) is 0. The first kappa shape index (κ1) is 13.6. The van der Waals surface area contributed by atoms with Gasteiger partial charge in [0.25, 0.3) is 0 Å². The van der Waals surface area contributed by atoms with Gasteiger partial charge in [0, 0.05) is 11.9 Å². The Morgan fingerprint density at radius 2 is 1.58 bits per heavy atom. The van der Waals surface area contributed by atoms with Crippen molar-refractivity contribution in [3.05, 3.63) is 11.5 Å². The average molecular weight is 266 g/mol. The first-order valence-corrected chi connectivity index (χ1v) is 7.20. The normalized spacial score (nSPS) is 31.8. The minimum absolute atomic E-state index is 0.324. The summed E-state index contributed by atoms with van der Waals surface area (Å²) in [4.78, 5) is 0. The Bertz CT molecular complexity index is 380. The molecular weight excluding hydrogens is 243 g/mol. The van der Waals surface area contributed by atoms with Crippen molar-refractivity contribution >= 4 is 7.12 Å². The fourth-order valence-corrected chi connectivity index (χ4v) is 2.90. The molecule has 2 heterocycles. The van der Waals surface area contributed by atoms with Gasteiger partial charge >= 0.3 is 7.12 Å². The number of ether oxygens (including phenoxy) is 2. The first-order chi connectivity index (χ1) is 8.86. The number of allylic oxidation sites excluding steroid dienone is 1. The second-order valence-corrected chi connectivity index (χ2v) is 6.59. The lowest BCUT2D eigenvalue weighted by atomic mass is 9.69. The quantitative estimate of drug-likeness (QED) is 0.683. The molecule has 2 fully saturated rings. The monoisotopic (exact) mass is 266 g/mol. The summed E-state index contributed by atoms with van der Waals surface area (Å²) in [6.07, 6.45) is 5.19. The molecule has 1 aliphatic carbocycles. The van der Waals surface area contributed by atoms with Gasteiger partial charge < -0.3 is 18.8 Å². The van der Waals surface area contributed by atoms with Crippen LogP contribution in [0.5, 0.6) is 0 Å². The van der Waals surface area contributed by atoms with E-state index in [4.69, 9.17) is 18.8 Å². The molecule has 0 N–H and O–H groups in total. The van der Waals surface area contributed by atoms with Crippen LogP contribution in [0.15, 0.2) is 11.5 Å². The van der Waals surface area contributed by atoms with Crippen molar-refractivity contribution in [1.82, 2.24) is 0 Å². The molecule has 0 aromatic rings. The summed E-state index contributed by atoms with van der Waals surface area (Å²) in [5.41, 5.74) is 0.376. The van der Waals surface area contributed by atoms with E-state index in [2.05, 4.69) is 33.8 Å². The van der Waals surface area contributed by atoms with Gasteiger partial charge in [0.2, 0.25) is 0 Å². The van der Waals surface area contributed by atoms with Gasteiger partial charge in [0.15, 0.2) is 5.79 Å². The maximum Gasteiger partial charge on any atom is 0.495 e. The number of hydrogen-bond acceptors (Lipinski definition) is 4. The van der Waals surface area contributed by atoms with Crippen LogP contribution in [-0.2, 0) is 18.8 Å². The lowest BCUT2D eigenvalue weighted by Crippen LogP contribution is -2.43. The highest BCUT2D eigenvalue weighted by Crippen LogP contribution is 2.45. The van der Waals surface area contributed by atoms with E-state index in [0.29, 0.717) is 13.2 Å². The second-order valence-electron chi connectivity index (χ2n) is 6.59. The van der Waals surface area contributed by atoms with E-state index < -0.39 is 5.79 Å².